The van der Waals surface area contributed by atoms with Crippen LogP contribution in [0.3, 0.4) is 0 Å². The van der Waals surface area contributed by atoms with Gasteiger partial charge in [-0.25, -0.2) is 9.97 Å². The van der Waals surface area contributed by atoms with Crippen molar-refractivity contribution >= 4 is 22.5 Å². The monoisotopic (exact) mass is 351 g/mol. The lowest BCUT2D eigenvalue weighted by molar-refractivity contribution is 0.354. The Labute approximate surface area is 155 Å². The van der Waals surface area contributed by atoms with Gasteiger partial charge in [-0.05, 0) is 50.2 Å². The number of anilines is 1. The first-order valence-electron chi connectivity index (χ1n) is 9.87. The molecule has 1 aliphatic rings. The summed E-state index contributed by atoms with van der Waals surface area (Å²) < 4.78 is 2.04. The zero-order valence-corrected chi connectivity index (χ0v) is 16.6. The number of piperidine rings is 1. The summed E-state index contributed by atoms with van der Waals surface area (Å²) in [6.45, 7) is 13.2. The minimum absolute atomic E-state index is 0.698. The summed E-state index contributed by atoms with van der Waals surface area (Å²) in [4.78, 5) is 12.1. The maximum Gasteiger partial charge on any atom is 0.184 e. The minimum Gasteiger partial charge on any atom is -0.356 e. The van der Waals surface area contributed by atoms with Crippen molar-refractivity contribution in [3.63, 3.8) is 0 Å². The Hall–Kier alpha value is -2.17. The van der Waals surface area contributed by atoms with Gasteiger partial charge < -0.3 is 4.90 Å². The summed E-state index contributed by atoms with van der Waals surface area (Å²) in [6.07, 6.45) is 3.39. The van der Waals surface area contributed by atoms with E-state index in [2.05, 4.69) is 49.7 Å². The van der Waals surface area contributed by atoms with Crippen molar-refractivity contribution < 1.29 is 0 Å². The van der Waals surface area contributed by atoms with Crippen molar-refractivity contribution in [3.8, 4) is 0 Å². The number of rotatable bonds is 3. The molecule has 3 aromatic heterocycles. The summed E-state index contributed by atoms with van der Waals surface area (Å²) in [6, 6.07) is 4.37. The molecule has 1 fully saturated rings. The van der Waals surface area contributed by atoms with Crippen molar-refractivity contribution in [1.82, 2.24) is 19.6 Å². The molecule has 0 radical (unpaired) electrons. The van der Waals surface area contributed by atoms with E-state index in [-0.39, 0.29) is 0 Å². The zero-order valence-electron chi connectivity index (χ0n) is 16.6. The van der Waals surface area contributed by atoms with Gasteiger partial charge in [0.25, 0.3) is 0 Å². The molecule has 1 aliphatic heterocycles. The third kappa shape index (κ3) is 2.93. The third-order valence-corrected chi connectivity index (χ3v) is 5.41. The van der Waals surface area contributed by atoms with Gasteiger partial charge in [-0.3, -0.25) is 0 Å². The Morgan fingerprint density at radius 3 is 2.50 bits per heavy atom. The number of hydrogen-bond acceptors (Lipinski definition) is 4. The quantitative estimate of drug-likeness (QED) is 0.705. The molecule has 1 saturated heterocycles. The van der Waals surface area contributed by atoms with Crippen LogP contribution in [0.1, 0.15) is 50.6 Å². The Morgan fingerprint density at radius 1 is 1.08 bits per heavy atom. The minimum atomic E-state index is 0.698. The standard InChI is InChI=1S/C21H29N5/c1-6-7-17-10-18(25-11-13(2)8-14(3)12-25)26-21(23-17)19-15(4)9-16(5)22-20(19)24-26/h9-10,13-14H,6-8,11-12H2,1-5H3/t13-,14+. The van der Waals surface area contributed by atoms with E-state index in [1.165, 1.54) is 17.8 Å². The average Bonchev–Trinajstić information content (AvgIpc) is 2.91. The molecule has 0 unspecified atom stereocenters. The summed E-state index contributed by atoms with van der Waals surface area (Å²) in [5.41, 5.74) is 5.13. The van der Waals surface area contributed by atoms with Crippen molar-refractivity contribution in [1.29, 1.82) is 0 Å². The predicted octanol–water partition coefficient (Wildman–Crippen LogP) is 4.33. The molecule has 0 aliphatic carbocycles. The fourth-order valence-electron chi connectivity index (χ4n) is 4.51. The Morgan fingerprint density at radius 2 is 1.81 bits per heavy atom. The molecule has 0 saturated carbocycles. The summed E-state index contributed by atoms with van der Waals surface area (Å²) in [7, 11) is 0. The van der Waals surface area contributed by atoms with E-state index in [1.54, 1.807) is 0 Å². The summed E-state index contributed by atoms with van der Waals surface area (Å²) in [5.74, 6) is 2.57. The molecule has 0 amide bonds. The molecule has 0 N–H and O–H groups in total. The number of aryl methyl sites for hydroxylation is 3. The largest absolute Gasteiger partial charge is 0.356 e. The molecule has 4 rings (SSSR count). The van der Waals surface area contributed by atoms with E-state index >= 15 is 0 Å². The van der Waals surface area contributed by atoms with Crippen LogP contribution in [0.4, 0.5) is 5.82 Å². The van der Waals surface area contributed by atoms with Gasteiger partial charge in [0.2, 0.25) is 0 Å². The molecular weight excluding hydrogens is 322 g/mol. The van der Waals surface area contributed by atoms with Crippen LogP contribution in [0.5, 0.6) is 0 Å². The maximum atomic E-state index is 4.97. The van der Waals surface area contributed by atoms with Gasteiger partial charge in [0.1, 0.15) is 5.82 Å². The molecule has 0 aromatic carbocycles. The number of fused-ring (bicyclic) bond motifs is 3. The fourth-order valence-corrected chi connectivity index (χ4v) is 4.51. The molecule has 26 heavy (non-hydrogen) atoms. The predicted molar refractivity (Wildman–Crippen MR) is 107 cm³/mol. The van der Waals surface area contributed by atoms with E-state index in [0.717, 1.165) is 54.0 Å². The molecule has 4 heterocycles. The molecule has 5 nitrogen and oxygen atoms in total. The Bertz CT molecular complexity index is 948. The van der Waals surface area contributed by atoms with Crippen LogP contribution in [0, 0.1) is 25.7 Å². The normalized spacial score (nSPS) is 21.0. The molecule has 0 bridgehead atoms. The second kappa shape index (κ2) is 6.53. The first-order chi connectivity index (χ1) is 12.5. The average molecular weight is 351 g/mol. The van der Waals surface area contributed by atoms with Crippen LogP contribution >= 0.6 is 0 Å². The summed E-state index contributed by atoms with van der Waals surface area (Å²) in [5, 5.41) is 5.96. The molecule has 138 valence electrons. The topological polar surface area (TPSA) is 46.3 Å². The fraction of sp³-hybridized carbons (Fsp3) is 0.571. The smallest absolute Gasteiger partial charge is 0.184 e. The van der Waals surface area contributed by atoms with E-state index in [0.29, 0.717) is 11.8 Å². The lowest BCUT2D eigenvalue weighted by atomic mass is 9.92. The van der Waals surface area contributed by atoms with Crippen LogP contribution in [0.25, 0.3) is 16.7 Å². The van der Waals surface area contributed by atoms with Gasteiger partial charge in [-0.2, -0.15) is 4.52 Å². The van der Waals surface area contributed by atoms with E-state index < -0.39 is 0 Å². The number of nitrogens with zero attached hydrogens (tertiary/aromatic N) is 5. The van der Waals surface area contributed by atoms with E-state index in [1.807, 2.05) is 11.4 Å². The number of aromatic nitrogens is 4. The first-order valence-corrected chi connectivity index (χ1v) is 9.87. The van der Waals surface area contributed by atoms with Crippen LogP contribution < -0.4 is 4.90 Å². The van der Waals surface area contributed by atoms with E-state index in [4.69, 9.17) is 10.1 Å². The van der Waals surface area contributed by atoms with Gasteiger partial charge in [-0.15, -0.1) is 5.10 Å². The van der Waals surface area contributed by atoms with E-state index in [9.17, 15) is 0 Å². The second-order valence-corrected chi connectivity index (χ2v) is 8.22. The van der Waals surface area contributed by atoms with Gasteiger partial charge in [0.05, 0.1) is 5.39 Å². The number of hydrogen-bond donors (Lipinski definition) is 0. The number of pyridine rings is 1. The highest BCUT2D eigenvalue weighted by Gasteiger charge is 2.25. The Kier molecular flexibility index (Phi) is 4.33. The molecule has 5 heteroatoms. The van der Waals surface area contributed by atoms with Gasteiger partial charge in [-0.1, -0.05) is 27.2 Å². The lowest BCUT2D eigenvalue weighted by Gasteiger charge is -2.36. The van der Waals surface area contributed by atoms with Crippen LogP contribution in [-0.4, -0.2) is 32.7 Å². The maximum absolute atomic E-state index is 4.97. The van der Waals surface area contributed by atoms with Crippen LogP contribution in [0.15, 0.2) is 12.1 Å². The highest BCUT2D eigenvalue weighted by atomic mass is 15.4. The zero-order chi connectivity index (χ0) is 18.4. The molecule has 0 spiro atoms. The van der Waals surface area contributed by atoms with Gasteiger partial charge >= 0.3 is 0 Å². The van der Waals surface area contributed by atoms with Gasteiger partial charge in [0, 0.05) is 30.5 Å². The highest BCUT2D eigenvalue weighted by Crippen LogP contribution is 2.30. The Balaban J connectivity index is 1.97. The van der Waals surface area contributed by atoms with Crippen molar-refractivity contribution in [2.24, 2.45) is 11.8 Å². The second-order valence-electron chi connectivity index (χ2n) is 8.22. The third-order valence-electron chi connectivity index (χ3n) is 5.41. The van der Waals surface area contributed by atoms with Gasteiger partial charge in [0.15, 0.2) is 11.3 Å². The van der Waals surface area contributed by atoms with Crippen molar-refractivity contribution in [3.05, 3.63) is 29.1 Å². The first kappa shape index (κ1) is 17.3. The van der Waals surface area contributed by atoms with Crippen LogP contribution in [0.2, 0.25) is 0 Å². The molecule has 2 atom stereocenters. The summed E-state index contributed by atoms with van der Waals surface area (Å²) >= 11 is 0. The molecular formula is C21H29N5. The highest BCUT2D eigenvalue weighted by molar-refractivity contribution is 5.93. The SMILES string of the molecule is CCCc1cc(N2C[C@H](C)C[C@H](C)C2)n2nc3nc(C)cc(C)c3c2n1. The van der Waals surface area contributed by atoms with Crippen molar-refractivity contribution in [2.75, 3.05) is 18.0 Å². The van der Waals surface area contributed by atoms with Crippen LogP contribution in [-0.2, 0) is 6.42 Å². The van der Waals surface area contributed by atoms with Crippen molar-refractivity contribution in [2.45, 2.75) is 53.9 Å². The lowest BCUT2D eigenvalue weighted by Crippen LogP contribution is -2.39. The molecule has 3 aromatic rings.